The molecule has 0 fully saturated rings. The second-order valence-electron chi connectivity index (χ2n) is 8.70. The monoisotopic (exact) mass is 548 g/mol. The zero-order valence-electron chi connectivity index (χ0n) is 22.4. The fourth-order valence-electron chi connectivity index (χ4n) is 3.95. The van der Waals surface area contributed by atoms with Crippen molar-refractivity contribution in [2.75, 3.05) is 27.4 Å². The summed E-state index contributed by atoms with van der Waals surface area (Å²) in [6, 6.07) is 11.1. The number of carbonyl (C=O) groups excluding carboxylic acids is 1. The molecular weight excluding hydrogens is 516 g/mol. The van der Waals surface area contributed by atoms with Crippen LogP contribution in [0, 0.1) is 5.41 Å². The molecule has 10 heteroatoms. The molecule has 2 aliphatic rings. The largest absolute Gasteiger partial charge is 0.493 e. The van der Waals surface area contributed by atoms with Gasteiger partial charge in [0, 0.05) is 0 Å². The first-order chi connectivity index (χ1) is 19.0. The highest BCUT2D eigenvalue weighted by molar-refractivity contribution is 8.26. The number of unbranched alkanes of at least 4 members (excludes halogenated alkanes) is 1. The maximum Gasteiger partial charge on any atom is 0.283 e. The second-order valence-corrected chi connectivity index (χ2v) is 9.74. The molecule has 1 amide bonds. The lowest BCUT2D eigenvalue weighted by molar-refractivity contribution is -0.114. The van der Waals surface area contributed by atoms with Crippen LogP contribution in [0.25, 0.3) is 6.08 Å². The Morgan fingerprint density at radius 3 is 2.38 bits per heavy atom. The van der Waals surface area contributed by atoms with Crippen LogP contribution in [0.5, 0.6) is 23.0 Å². The van der Waals surface area contributed by atoms with Gasteiger partial charge in [-0.15, -0.1) is 6.58 Å². The van der Waals surface area contributed by atoms with Crippen molar-refractivity contribution in [2.24, 2.45) is 10.1 Å². The Kier molecular flexibility index (Phi) is 9.43. The normalized spacial score (nSPS) is 15.6. The average molecular weight is 549 g/mol. The number of methoxy groups -OCH3 is 2. The number of allylic oxidation sites excluding steroid dienone is 1. The van der Waals surface area contributed by atoms with Crippen molar-refractivity contribution in [3.8, 4) is 23.0 Å². The quantitative estimate of drug-likeness (QED) is 0.194. The third-order valence-corrected chi connectivity index (χ3v) is 6.91. The van der Waals surface area contributed by atoms with Crippen molar-refractivity contribution in [1.82, 2.24) is 5.01 Å². The molecular formula is C29H32N4O5S. The molecule has 0 unspecified atom stereocenters. The molecule has 9 nitrogen and oxygen atoms in total. The number of amidine groups is 2. The number of aliphatic imine (C=N–C) groups is 1. The van der Waals surface area contributed by atoms with Gasteiger partial charge in [0.2, 0.25) is 5.17 Å². The summed E-state index contributed by atoms with van der Waals surface area (Å²) >= 11 is 1.35. The van der Waals surface area contributed by atoms with E-state index < -0.39 is 5.91 Å². The number of hydrogen-bond acceptors (Lipinski definition) is 8. The maximum atomic E-state index is 12.7. The number of ether oxygens (including phenoxy) is 4. The lowest BCUT2D eigenvalue weighted by Gasteiger charge is -2.20. The van der Waals surface area contributed by atoms with Crippen molar-refractivity contribution in [2.45, 2.75) is 32.6 Å². The number of thioether (sulfide) groups is 1. The molecule has 1 N–H and O–H groups in total. The lowest BCUT2D eigenvalue weighted by Crippen LogP contribution is -2.35. The molecule has 4 rings (SSSR count). The van der Waals surface area contributed by atoms with Crippen molar-refractivity contribution < 1.29 is 23.7 Å². The Labute approximate surface area is 232 Å². The van der Waals surface area contributed by atoms with Crippen LogP contribution in [0.1, 0.15) is 37.3 Å². The van der Waals surface area contributed by atoms with Crippen LogP contribution in [0.2, 0.25) is 0 Å². The molecule has 0 saturated carbocycles. The first kappa shape index (κ1) is 28.0. The maximum absolute atomic E-state index is 12.7. The van der Waals surface area contributed by atoms with Gasteiger partial charge < -0.3 is 18.9 Å². The van der Waals surface area contributed by atoms with E-state index >= 15 is 0 Å². The number of nitrogens with zero attached hydrogens (tertiary/aromatic N) is 3. The summed E-state index contributed by atoms with van der Waals surface area (Å²) in [4.78, 5) is 16.9. The highest BCUT2D eigenvalue weighted by Gasteiger charge is 2.35. The van der Waals surface area contributed by atoms with Gasteiger partial charge in [0.15, 0.2) is 28.8 Å². The summed E-state index contributed by atoms with van der Waals surface area (Å²) in [5.41, 5.74) is 1.93. The highest BCUT2D eigenvalue weighted by atomic mass is 32.2. The van der Waals surface area contributed by atoms with Crippen LogP contribution in [0.15, 0.2) is 64.7 Å². The van der Waals surface area contributed by atoms with Crippen LogP contribution in [0.4, 0.5) is 0 Å². The van der Waals surface area contributed by atoms with Crippen LogP contribution in [-0.4, -0.2) is 54.4 Å². The van der Waals surface area contributed by atoms with Gasteiger partial charge in [-0.25, -0.2) is 0 Å². The van der Waals surface area contributed by atoms with E-state index in [1.165, 1.54) is 16.8 Å². The van der Waals surface area contributed by atoms with Crippen molar-refractivity contribution in [3.63, 3.8) is 0 Å². The van der Waals surface area contributed by atoms with E-state index in [9.17, 15) is 4.79 Å². The molecule has 39 heavy (non-hydrogen) atoms. The molecule has 2 aliphatic heterocycles. The molecule has 0 saturated heterocycles. The fraction of sp³-hybridized carbons (Fsp3) is 0.310. The molecule has 0 aromatic heterocycles. The number of hydrogen-bond donors (Lipinski definition) is 1. The van der Waals surface area contributed by atoms with E-state index in [-0.39, 0.29) is 18.0 Å². The van der Waals surface area contributed by atoms with Crippen LogP contribution in [0.3, 0.4) is 0 Å². The van der Waals surface area contributed by atoms with Gasteiger partial charge in [0.1, 0.15) is 18.3 Å². The van der Waals surface area contributed by atoms with Crippen LogP contribution < -0.4 is 18.9 Å². The van der Waals surface area contributed by atoms with Gasteiger partial charge in [-0.2, -0.15) is 15.1 Å². The summed E-state index contributed by atoms with van der Waals surface area (Å²) in [6.07, 6.45) is 7.05. The van der Waals surface area contributed by atoms with Crippen LogP contribution in [-0.2, 0) is 11.2 Å². The van der Waals surface area contributed by atoms with E-state index in [4.69, 9.17) is 24.4 Å². The molecule has 204 valence electrons. The lowest BCUT2D eigenvalue weighted by atomic mass is 10.1. The second kappa shape index (κ2) is 13.1. The summed E-state index contributed by atoms with van der Waals surface area (Å²) < 4.78 is 22.7. The van der Waals surface area contributed by atoms with Gasteiger partial charge >= 0.3 is 0 Å². The third-order valence-electron chi connectivity index (χ3n) is 5.95. The molecule has 2 heterocycles. The van der Waals surface area contributed by atoms with E-state index in [0.29, 0.717) is 40.3 Å². The van der Waals surface area contributed by atoms with E-state index in [1.807, 2.05) is 24.3 Å². The number of amides is 1. The first-order valence-corrected chi connectivity index (χ1v) is 13.5. The minimum Gasteiger partial charge on any atom is -0.493 e. The minimum atomic E-state index is -0.463. The Hall–Kier alpha value is -4.05. The number of hydrazone groups is 1. The van der Waals surface area contributed by atoms with Gasteiger partial charge in [0.05, 0.1) is 19.8 Å². The Balaban J connectivity index is 1.40. The van der Waals surface area contributed by atoms with Crippen LogP contribution >= 0.6 is 11.8 Å². The number of carbonyl (C=O) groups is 1. The SMILES string of the molecule is C=CCc1ccc(OCCOc2ccc(C=C3C(=N)N4N=C(CCCC)SC4=NC3=O)cc2OC)c(OC)c1. The van der Waals surface area contributed by atoms with Gasteiger partial charge in [-0.1, -0.05) is 31.6 Å². The van der Waals surface area contributed by atoms with E-state index in [0.717, 1.165) is 36.3 Å². The molecule has 2 aromatic rings. The predicted molar refractivity (Wildman–Crippen MR) is 155 cm³/mol. The number of benzene rings is 2. The standard InChI is InChI=1S/C29H32N4O5S/c1-5-7-9-26-32-33-27(30)21(28(34)31-29(33)39-26)16-20-11-13-23(25(18-20)36-4)38-15-14-37-22-12-10-19(8-6-2)17-24(22)35-3/h6,10-13,16-18,30H,2,5,7-9,14-15H2,1,3-4H3. The summed E-state index contributed by atoms with van der Waals surface area (Å²) in [5, 5.41) is 15.8. The summed E-state index contributed by atoms with van der Waals surface area (Å²) in [5.74, 6) is 1.85. The minimum absolute atomic E-state index is 0.00777. The Morgan fingerprint density at radius 2 is 1.72 bits per heavy atom. The predicted octanol–water partition coefficient (Wildman–Crippen LogP) is 5.70. The average Bonchev–Trinajstić information content (AvgIpc) is 3.36. The molecule has 0 aliphatic carbocycles. The molecule has 0 atom stereocenters. The molecule has 0 radical (unpaired) electrons. The smallest absolute Gasteiger partial charge is 0.283 e. The third kappa shape index (κ3) is 6.69. The number of rotatable bonds is 13. The van der Waals surface area contributed by atoms with Crippen molar-refractivity contribution in [1.29, 1.82) is 5.41 Å². The Bertz CT molecular complexity index is 1350. The molecule has 2 aromatic carbocycles. The van der Waals surface area contributed by atoms with E-state index in [2.05, 4.69) is 23.6 Å². The van der Waals surface area contributed by atoms with Gasteiger partial charge in [0.25, 0.3) is 5.91 Å². The topological polar surface area (TPSA) is 106 Å². The fourth-order valence-corrected chi connectivity index (χ4v) is 4.88. The number of fused-ring (bicyclic) bond motifs is 1. The highest BCUT2D eigenvalue weighted by Crippen LogP contribution is 2.33. The molecule has 0 bridgehead atoms. The summed E-state index contributed by atoms with van der Waals surface area (Å²) in [7, 11) is 3.15. The zero-order chi connectivity index (χ0) is 27.8. The van der Waals surface area contributed by atoms with Gasteiger partial charge in [-0.3, -0.25) is 10.2 Å². The molecule has 0 spiro atoms. The Morgan fingerprint density at radius 1 is 1.03 bits per heavy atom. The van der Waals surface area contributed by atoms with E-state index in [1.54, 1.807) is 38.5 Å². The van der Waals surface area contributed by atoms with Crippen molar-refractivity contribution in [3.05, 3.63) is 65.8 Å². The van der Waals surface area contributed by atoms with Gasteiger partial charge in [-0.05, 0) is 72.5 Å². The zero-order valence-corrected chi connectivity index (χ0v) is 23.2. The first-order valence-electron chi connectivity index (χ1n) is 12.7. The van der Waals surface area contributed by atoms with Crippen molar-refractivity contribution >= 4 is 39.8 Å². The summed E-state index contributed by atoms with van der Waals surface area (Å²) in [6.45, 7) is 6.45. The number of nitrogens with one attached hydrogen (secondary N) is 1.